The average Bonchev–Trinajstić information content (AvgIpc) is 3.54. The topological polar surface area (TPSA) is 83.8 Å². The van der Waals surface area contributed by atoms with Crippen LogP contribution in [0.25, 0.3) is 32.9 Å². The van der Waals surface area contributed by atoms with E-state index in [0.29, 0.717) is 24.4 Å². The third-order valence-corrected chi connectivity index (χ3v) is 9.41. The molecule has 13 heteroatoms. The second-order valence-corrected chi connectivity index (χ2v) is 12.5. The van der Waals surface area contributed by atoms with Gasteiger partial charge in [0.1, 0.15) is 46.8 Å². The van der Waals surface area contributed by atoms with E-state index in [-0.39, 0.29) is 76.0 Å². The predicted octanol–water partition coefficient (Wildman–Crippen LogP) is 6.40. The van der Waals surface area contributed by atoms with Gasteiger partial charge < -0.3 is 19.5 Å². The highest BCUT2D eigenvalue weighted by Gasteiger charge is 2.41. The largest absolute Gasteiger partial charge is 0.508 e. The minimum absolute atomic E-state index is 0.00700. The predicted molar refractivity (Wildman–Crippen MR) is 166 cm³/mol. The first kappa shape index (κ1) is 31.2. The van der Waals surface area contributed by atoms with Gasteiger partial charge in [-0.3, -0.25) is 4.90 Å². The van der Waals surface area contributed by atoms with E-state index in [2.05, 4.69) is 25.8 Å². The number of terminal acetylenes is 1. The molecular formula is C34H32F5N5O3. The number of anilines is 1. The Bertz CT molecular complexity index is 1910. The first-order valence-electron chi connectivity index (χ1n) is 15.6. The van der Waals surface area contributed by atoms with Crippen molar-refractivity contribution in [2.45, 2.75) is 62.7 Å². The number of phenolic OH excluding ortho intramolecular Hbond substituents is 1. The van der Waals surface area contributed by atoms with Crippen LogP contribution in [0.3, 0.4) is 0 Å². The first-order valence-corrected chi connectivity index (χ1v) is 15.6. The molecule has 0 spiro atoms. The highest BCUT2D eigenvalue weighted by Crippen LogP contribution is 2.45. The second kappa shape index (κ2) is 12.0. The fourth-order valence-electron chi connectivity index (χ4n) is 7.27. The highest BCUT2D eigenvalue weighted by atomic mass is 19.3. The van der Waals surface area contributed by atoms with E-state index in [9.17, 15) is 22.7 Å². The summed E-state index contributed by atoms with van der Waals surface area (Å²) in [6, 6.07) is 5.05. The number of aromatic nitrogens is 3. The van der Waals surface area contributed by atoms with E-state index < -0.39 is 36.3 Å². The van der Waals surface area contributed by atoms with Crippen molar-refractivity contribution in [3.05, 3.63) is 41.5 Å². The van der Waals surface area contributed by atoms with Crippen LogP contribution in [-0.2, 0) is 0 Å². The number of alkyl halides is 3. The van der Waals surface area contributed by atoms with Crippen molar-refractivity contribution in [1.29, 1.82) is 0 Å². The monoisotopic (exact) mass is 653 g/mol. The van der Waals surface area contributed by atoms with Crippen LogP contribution in [0.2, 0.25) is 0 Å². The summed E-state index contributed by atoms with van der Waals surface area (Å²) in [5, 5.41) is 10.9. The van der Waals surface area contributed by atoms with E-state index in [1.165, 1.54) is 43.1 Å². The Balaban J connectivity index is 0.000000334. The number of hydrogen-bond acceptors (Lipinski definition) is 8. The van der Waals surface area contributed by atoms with Crippen LogP contribution in [-0.4, -0.2) is 82.5 Å². The Labute approximate surface area is 267 Å². The average molecular weight is 654 g/mol. The molecule has 47 heavy (non-hydrogen) atoms. The third kappa shape index (κ3) is 5.62. The van der Waals surface area contributed by atoms with Gasteiger partial charge in [0.15, 0.2) is 5.82 Å². The number of phenols is 1. The van der Waals surface area contributed by atoms with Crippen LogP contribution in [0.4, 0.5) is 27.8 Å². The molecule has 4 aliphatic heterocycles. The van der Waals surface area contributed by atoms with E-state index in [0.717, 1.165) is 19.0 Å². The molecule has 3 fully saturated rings. The van der Waals surface area contributed by atoms with Gasteiger partial charge in [-0.2, -0.15) is 9.97 Å². The van der Waals surface area contributed by atoms with Gasteiger partial charge in [-0.1, -0.05) is 12.0 Å². The smallest absolute Gasteiger partial charge is 0.318 e. The molecule has 0 amide bonds. The highest BCUT2D eigenvalue weighted by molar-refractivity contribution is 6.04. The van der Waals surface area contributed by atoms with E-state index in [1.54, 1.807) is 0 Å². The van der Waals surface area contributed by atoms with Crippen molar-refractivity contribution in [2.24, 2.45) is 0 Å². The van der Waals surface area contributed by atoms with E-state index in [4.69, 9.17) is 15.9 Å². The lowest BCUT2D eigenvalue weighted by Crippen LogP contribution is -2.43. The van der Waals surface area contributed by atoms with Gasteiger partial charge in [0.25, 0.3) is 5.92 Å². The summed E-state index contributed by atoms with van der Waals surface area (Å²) in [6.07, 6.45) is 8.77. The maximum Gasteiger partial charge on any atom is 0.318 e. The lowest BCUT2D eigenvalue weighted by Gasteiger charge is -2.30. The summed E-state index contributed by atoms with van der Waals surface area (Å²) in [6.45, 7) is 1.21. The molecule has 8 nitrogen and oxygen atoms in total. The lowest BCUT2D eigenvalue weighted by molar-refractivity contribution is 0.00293. The SMILES string of the molecule is C#Cc1c(F)ccc2cc(O)cc(-c3nc4c5c(nc(OC)nc5c3F)N3CC(F)(F)CCCC3CO4)c12.FC1CC2CCCN2C1. The molecule has 1 N–H and O–H groups in total. The fraction of sp³-hybridized carbons (Fsp3) is 0.441. The molecule has 0 radical (unpaired) electrons. The van der Waals surface area contributed by atoms with Crippen molar-refractivity contribution < 1.29 is 36.5 Å². The zero-order valence-corrected chi connectivity index (χ0v) is 25.6. The van der Waals surface area contributed by atoms with Crippen LogP contribution in [0.5, 0.6) is 17.6 Å². The standard InChI is InChI=1S/C27H20F4N4O3.C7H12FN/c1-3-16-18(28)7-6-13-9-15(36)10-17(19(13)16)22-21(29)23-20-24(34-26(33-23)37-2)35-12-27(30,31)8-4-5-14(35)11-38-25(20)32-22;8-6-4-7-2-1-3-9(7)5-6/h1,6-7,9-10,14,36H,4-5,8,11-12H2,2H3;6-7H,1-5H2. The lowest BCUT2D eigenvalue weighted by atomic mass is 9.95. The third-order valence-electron chi connectivity index (χ3n) is 9.41. The minimum atomic E-state index is -2.99. The molecule has 3 saturated heterocycles. The van der Waals surface area contributed by atoms with Crippen LogP contribution < -0.4 is 14.4 Å². The van der Waals surface area contributed by atoms with Gasteiger partial charge in [0.2, 0.25) is 5.88 Å². The van der Waals surface area contributed by atoms with Crippen LogP contribution in [0.1, 0.15) is 44.1 Å². The number of nitrogens with zero attached hydrogens (tertiary/aromatic N) is 5. The van der Waals surface area contributed by atoms with Gasteiger partial charge in [0.05, 0.1) is 25.3 Å². The summed E-state index contributed by atoms with van der Waals surface area (Å²) in [5.74, 6) is -2.66. The number of aromatic hydroxyl groups is 1. The normalized spacial score (nSPS) is 23.2. The zero-order chi connectivity index (χ0) is 33.0. The second-order valence-electron chi connectivity index (χ2n) is 12.5. The summed E-state index contributed by atoms with van der Waals surface area (Å²) in [7, 11) is 1.28. The maximum absolute atomic E-state index is 16.3. The molecule has 3 atom stereocenters. The van der Waals surface area contributed by atoms with Crippen molar-refractivity contribution in [2.75, 3.05) is 38.3 Å². The molecule has 246 valence electrons. The first-order chi connectivity index (χ1) is 22.6. The van der Waals surface area contributed by atoms with E-state index in [1.807, 2.05) is 0 Å². The van der Waals surface area contributed by atoms with Gasteiger partial charge in [-0.15, -0.1) is 6.42 Å². The van der Waals surface area contributed by atoms with Crippen molar-refractivity contribution >= 4 is 27.5 Å². The summed E-state index contributed by atoms with van der Waals surface area (Å²) < 4.78 is 84.0. The van der Waals surface area contributed by atoms with Crippen LogP contribution >= 0.6 is 0 Å². The summed E-state index contributed by atoms with van der Waals surface area (Å²) >= 11 is 0. The zero-order valence-electron chi connectivity index (χ0n) is 25.6. The van der Waals surface area contributed by atoms with Gasteiger partial charge in [-0.25, -0.2) is 26.9 Å². The number of benzene rings is 2. The number of pyridine rings is 1. The number of hydrogen-bond donors (Lipinski definition) is 1. The molecule has 2 aromatic carbocycles. The molecule has 2 aromatic heterocycles. The minimum Gasteiger partial charge on any atom is -0.508 e. The van der Waals surface area contributed by atoms with Crippen molar-refractivity contribution in [3.8, 4) is 41.2 Å². The van der Waals surface area contributed by atoms with Gasteiger partial charge in [-0.05, 0) is 62.2 Å². The molecule has 4 aliphatic rings. The molecular weight excluding hydrogens is 621 g/mol. The van der Waals surface area contributed by atoms with Crippen molar-refractivity contribution in [3.63, 3.8) is 0 Å². The quantitative estimate of drug-likeness (QED) is 0.197. The Hall–Kier alpha value is -4.44. The number of methoxy groups -OCH3 is 1. The van der Waals surface area contributed by atoms with Crippen LogP contribution in [0, 0.1) is 24.0 Å². The van der Waals surface area contributed by atoms with Crippen LogP contribution in [0.15, 0.2) is 24.3 Å². The number of rotatable bonds is 2. The molecule has 0 saturated carbocycles. The molecule has 0 aliphatic carbocycles. The van der Waals surface area contributed by atoms with Gasteiger partial charge in [0, 0.05) is 30.0 Å². The Morgan fingerprint density at radius 2 is 1.89 bits per heavy atom. The molecule has 3 unspecified atom stereocenters. The van der Waals surface area contributed by atoms with Gasteiger partial charge >= 0.3 is 6.01 Å². The summed E-state index contributed by atoms with van der Waals surface area (Å²) in [4.78, 5) is 16.6. The molecule has 6 heterocycles. The molecule has 4 aromatic rings. The Kier molecular flexibility index (Phi) is 7.94. The maximum atomic E-state index is 16.3. The van der Waals surface area contributed by atoms with E-state index >= 15 is 4.39 Å². The number of halogens is 5. The molecule has 0 bridgehead atoms. The Morgan fingerprint density at radius 3 is 2.66 bits per heavy atom. The summed E-state index contributed by atoms with van der Waals surface area (Å²) in [5.41, 5.74) is -0.724. The molecule has 8 rings (SSSR count). The number of ether oxygens (including phenoxy) is 2. The van der Waals surface area contributed by atoms with Crippen molar-refractivity contribution in [1.82, 2.24) is 19.9 Å². The Morgan fingerprint density at radius 1 is 1.09 bits per heavy atom. The fourth-order valence-corrected chi connectivity index (χ4v) is 7.27. The number of fused-ring (bicyclic) bond motifs is 4.